The van der Waals surface area contributed by atoms with Crippen LogP contribution >= 0.6 is 0 Å². The van der Waals surface area contributed by atoms with Crippen molar-refractivity contribution in [1.82, 2.24) is 15.1 Å². The number of piperidine rings is 1. The fourth-order valence-corrected chi connectivity index (χ4v) is 3.83. The molecule has 1 amide bonds. The predicted octanol–water partition coefficient (Wildman–Crippen LogP) is 0.901. The van der Waals surface area contributed by atoms with Gasteiger partial charge in [0.15, 0.2) is 0 Å². The number of morpholine rings is 1. The van der Waals surface area contributed by atoms with Crippen LogP contribution in [0, 0.1) is 5.92 Å². The summed E-state index contributed by atoms with van der Waals surface area (Å²) in [5.74, 6) is -2.31. The number of benzene rings is 1. The fourth-order valence-electron chi connectivity index (χ4n) is 3.83. The van der Waals surface area contributed by atoms with Crippen LogP contribution < -0.4 is 10.1 Å². The number of aliphatic carboxylic acids is 2. The van der Waals surface area contributed by atoms with E-state index in [1.54, 1.807) is 0 Å². The fraction of sp³-hybridized carbons (Fsp3) is 0.609. The SMILES string of the molecule is CCOc1ccccc1CN1CCC(C(=O)NCCN2CCOCC2)CC1.O=C(O)C(=O)O. The normalized spacial score (nSPS) is 17.5. The second kappa shape index (κ2) is 14.5. The Balaban J connectivity index is 0.000000569. The summed E-state index contributed by atoms with van der Waals surface area (Å²) < 4.78 is 11.1. The summed E-state index contributed by atoms with van der Waals surface area (Å²) in [6.07, 6.45) is 1.86. The number of carboxylic acid groups (broad SMARTS) is 2. The van der Waals surface area contributed by atoms with Crippen LogP contribution in [0.4, 0.5) is 0 Å². The van der Waals surface area contributed by atoms with Gasteiger partial charge < -0.3 is 25.0 Å². The van der Waals surface area contributed by atoms with Crippen LogP contribution in [-0.2, 0) is 25.7 Å². The number of rotatable bonds is 8. The van der Waals surface area contributed by atoms with Crippen LogP contribution in [0.2, 0.25) is 0 Å². The number of carbonyl (C=O) groups excluding carboxylic acids is 1. The third-order valence-electron chi connectivity index (χ3n) is 5.64. The van der Waals surface area contributed by atoms with E-state index >= 15 is 0 Å². The van der Waals surface area contributed by atoms with E-state index in [2.05, 4.69) is 27.2 Å². The smallest absolute Gasteiger partial charge is 0.414 e. The van der Waals surface area contributed by atoms with E-state index < -0.39 is 11.9 Å². The Morgan fingerprint density at radius 3 is 2.27 bits per heavy atom. The monoisotopic (exact) mass is 465 g/mol. The van der Waals surface area contributed by atoms with Crippen LogP contribution in [0.5, 0.6) is 5.75 Å². The summed E-state index contributed by atoms with van der Waals surface area (Å²) >= 11 is 0. The molecule has 0 aromatic heterocycles. The van der Waals surface area contributed by atoms with Gasteiger partial charge in [0.1, 0.15) is 5.75 Å². The largest absolute Gasteiger partial charge is 0.494 e. The van der Waals surface area contributed by atoms with Gasteiger partial charge in [0, 0.05) is 44.2 Å². The summed E-state index contributed by atoms with van der Waals surface area (Å²) in [7, 11) is 0. The number of nitrogens with one attached hydrogen (secondary N) is 1. The zero-order valence-corrected chi connectivity index (χ0v) is 19.2. The van der Waals surface area contributed by atoms with Gasteiger partial charge in [-0.1, -0.05) is 18.2 Å². The minimum Gasteiger partial charge on any atom is -0.494 e. The molecule has 2 aliphatic heterocycles. The molecule has 2 aliphatic rings. The van der Waals surface area contributed by atoms with Crippen LogP contribution in [0.3, 0.4) is 0 Å². The van der Waals surface area contributed by atoms with E-state index in [4.69, 9.17) is 29.3 Å². The Hall–Kier alpha value is -2.69. The van der Waals surface area contributed by atoms with Gasteiger partial charge in [-0.3, -0.25) is 14.6 Å². The van der Waals surface area contributed by atoms with Gasteiger partial charge in [-0.15, -0.1) is 0 Å². The number of hydrogen-bond donors (Lipinski definition) is 3. The Morgan fingerprint density at radius 2 is 1.67 bits per heavy atom. The van der Waals surface area contributed by atoms with Crippen molar-refractivity contribution in [3.63, 3.8) is 0 Å². The quantitative estimate of drug-likeness (QED) is 0.480. The Labute approximate surface area is 194 Å². The van der Waals surface area contributed by atoms with E-state index in [1.165, 1.54) is 5.56 Å². The van der Waals surface area contributed by atoms with E-state index in [0.29, 0.717) is 6.61 Å². The number of para-hydroxylation sites is 1. The number of carbonyl (C=O) groups is 3. The maximum atomic E-state index is 12.5. The van der Waals surface area contributed by atoms with Crippen molar-refractivity contribution in [2.75, 3.05) is 59.1 Å². The molecule has 1 aromatic carbocycles. The zero-order chi connectivity index (χ0) is 24.1. The Kier molecular flexibility index (Phi) is 11.6. The summed E-state index contributed by atoms with van der Waals surface area (Å²) in [6.45, 7) is 10.7. The first-order valence-corrected chi connectivity index (χ1v) is 11.4. The van der Waals surface area contributed by atoms with Crippen LogP contribution in [0.1, 0.15) is 25.3 Å². The number of carboxylic acids is 2. The number of amides is 1. The molecular formula is C23H35N3O7. The van der Waals surface area contributed by atoms with Gasteiger partial charge in [-0.25, -0.2) is 9.59 Å². The molecule has 1 aromatic rings. The first-order chi connectivity index (χ1) is 15.9. The molecular weight excluding hydrogens is 430 g/mol. The second-order valence-electron chi connectivity index (χ2n) is 7.95. The molecule has 3 rings (SSSR count). The summed E-state index contributed by atoms with van der Waals surface area (Å²) in [6, 6.07) is 8.25. The van der Waals surface area contributed by atoms with Gasteiger partial charge >= 0.3 is 11.9 Å². The van der Waals surface area contributed by atoms with Crippen molar-refractivity contribution < 1.29 is 34.1 Å². The standard InChI is InChI=1S/C21H33N3O3.C2H2O4/c1-2-27-20-6-4-3-5-19(20)17-24-10-7-18(8-11-24)21(25)22-9-12-23-13-15-26-16-14-23;3-1(4)2(5)6/h3-6,18H,2,7-17H2,1H3,(H,22,25);(H,3,4)(H,5,6). The van der Waals surface area contributed by atoms with Gasteiger partial charge in [0.2, 0.25) is 5.91 Å². The average molecular weight is 466 g/mol. The summed E-state index contributed by atoms with van der Waals surface area (Å²) in [5.41, 5.74) is 1.23. The molecule has 10 nitrogen and oxygen atoms in total. The van der Waals surface area contributed by atoms with Crippen molar-refractivity contribution in [2.45, 2.75) is 26.3 Å². The van der Waals surface area contributed by atoms with Gasteiger partial charge in [-0.2, -0.15) is 0 Å². The lowest BCUT2D eigenvalue weighted by atomic mass is 9.95. The van der Waals surface area contributed by atoms with E-state index in [-0.39, 0.29) is 11.8 Å². The second-order valence-corrected chi connectivity index (χ2v) is 7.95. The van der Waals surface area contributed by atoms with Gasteiger partial charge in [0.05, 0.1) is 19.8 Å². The highest BCUT2D eigenvalue weighted by molar-refractivity contribution is 6.27. The van der Waals surface area contributed by atoms with Crippen molar-refractivity contribution in [3.8, 4) is 5.75 Å². The molecule has 0 aliphatic carbocycles. The van der Waals surface area contributed by atoms with Gasteiger partial charge in [0.25, 0.3) is 0 Å². The lowest BCUT2D eigenvalue weighted by Gasteiger charge is -2.32. The van der Waals surface area contributed by atoms with Crippen molar-refractivity contribution in [2.24, 2.45) is 5.92 Å². The zero-order valence-electron chi connectivity index (χ0n) is 19.2. The minimum atomic E-state index is -1.82. The molecule has 0 radical (unpaired) electrons. The van der Waals surface area contributed by atoms with E-state index in [9.17, 15) is 4.79 Å². The molecule has 3 N–H and O–H groups in total. The molecule has 0 unspecified atom stereocenters. The molecule has 2 heterocycles. The molecule has 0 saturated carbocycles. The molecule has 10 heteroatoms. The molecule has 0 spiro atoms. The highest BCUT2D eigenvalue weighted by Crippen LogP contribution is 2.23. The molecule has 2 fully saturated rings. The van der Waals surface area contributed by atoms with Crippen LogP contribution in [-0.4, -0.2) is 96.9 Å². The maximum Gasteiger partial charge on any atom is 0.414 e. The van der Waals surface area contributed by atoms with E-state index in [1.807, 2.05) is 19.1 Å². The minimum absolute atomic E-state index is 0.146. The summed E-state index contributed by atoms with van der Waals surface area (Å²) in [5, 5.41) is 17.9. The molecule has 2 saturated heterocycles. The summed E-state index contributed by atoms with van der Waals surface area (Å²) in [4.78, 5) is 35.4. The molecule has 0 atom stereocenters. The Morgan fingerprint density at radius 1 is 1.03 bits per heavy atom. The number of ether oxygens (including phenoxy) is 2. The highest BCUT2D eigenvalue weighted by atomic mass is 16.5. The van der Waals surface area contributed by atoms with Crippen molar-refractivity contribution >= 4 is 17.8 Å². The van der Waals surface area contributed by atoms with E-state index in [0.717, 1.165) is 77.6 Å². The molecule has 184 valence electrons. The number of nitrogens with zero attached hydrogens (tertiary/aromatic N) is 2. The third-order valence-corrected chi connectivity index (χ3v) is 5.64. The predicted molar refractivity (Wildman–Crippen MR) is 121 cm³/mol. The molecule has 0 bridgehead atoms. The van der Waals surface area contributed by atoms with Crippen molar-refractivity contribution in [1.29, 1.82) is 0 Å². The number of likely N-dealkylation sites (tertiary alicyclic amines) is 1. The van der Waals surface area contributed by atoms with Crippen molar-refractivity contribution in [3.05, 3.63) is 29.8 Å². The topological polar surface area (TPSA) is 129 Å². The van der Waals surface area contributed by atoms with Crippen LogP contribution in [0.15, 0.2) is 24.3 Å². The third kappa shape index (κ3) is 9.77. The Bertz CT molecular complexity index is 748. The highest BCUT2D eigenvalue weighted by Gasteiger charge is 2.25. The first-order valence-electron chi connectivity index (χ1n) is 11.4. The van der Waals surface area contributed by atoms with Crippen LogP contribution in [0.25, 0.3) is 0 Å². The average Bonchev–Trinajstić information content (AvgIpc) is 2.82. The maximum absolute atomic E-state index is 12.5. The lowest BCUT2D eigenvalue weighted by Crippen LogP contribution is -2.44. The number of hydrogen-bond acceptors (Lipinski definition) is 7. The molecule has 33 heavy (non-hydrogen) atoms. The first kappa shape index (κ1) is 26.6. The van der Waals surface area contributed by atoms with Gasteiger partial charge in [-0.05, 0) is 38.9 Å². The lowest BCUT2D eigenvalue weighted by molar-refractivity contribution is -0.159.